The van der Waals surface area contributed by atoms with E-state index in [4.69, 9.17) is 0 Å². The van der Waals surface area contributed by atoms with Crippen LogP contribution in [0.4, 0.5) is 0 Å². The quantitative estimate of drug-likeness (QED) is 0.277. The Hall–Kier alpha value is -1.45. The van der Waals surface area contributed by atoms with E-state index in [1.54, 1.807) is 0 Å². The summed E-state index contributed by atoms with van der Waals surface area (Å²) in [7, 11) is 0. The molecule has 0 aliphatic carbocycles. The summed E-state index contributed by atoms with van der Waals surface area (Å²) in [6, 6.07) is 0. The smallest absolute Gasteiger partial charge is 0.341 e. The molecule has 0 radical (unpaired) electrons. The van der Waals surface area contributed by atoms with Gasteiger partial charge in [0.25, 0.3) is 0 Å². The number of hydrogen-bond donors (Lipinski definition) is 0. The molecule has 0 heterocycles. The van der Waals surface area contributed by atoms with Crippen LogP contribution in [-0.4, -0.2) is 24.1 Å². The molecule has 0 amide bonds. The maximum atomic E-state index is 11.1. The van der Waals surface area contributed by atoms with E-state index in [9.17, 15) is 14.4 Å². The minimum atomic E-state index is -0.738. The number of esters is 1. The van der Waals surface area contributed by atoms with Crippen LogP contribution in [0.1, 0.15) is 26.7 Å². The second-order valence-electron chi connectivity index (χ2n) is 2.92. The van der Waals surface area contributed by atoms with E-state index in [0.29, 0.717) is 6.42 Å². The molecule has 0 spiro atoms. The van der Waals surface area contributed by atoms with E-state index in [1.165, 1.54) is 6.92 Å². The van der Waals surface area contributed by atoms with E-state index >= 15 is 0 Å². The fourth-order valence-electron chi connectivity index (χ4n) is 0.729. The molecule has 0 N–H and O–H groups in total. The van der Waals surface area contributed by atoms with Gasteiger partial charge in [-0.3, -0.25) is 9.59 Å². The SMILES string of the molecule is C=C(C(=O)CC(C)=O)C(=O)OCCC. The fraction of sp³-hybridized carbons (Fsp3) is 0.500. The second kappa shape index (κ2) is 6.07. The van der Waals surface area contributed by atoms with Gasteiger partial charge in [0.15, 0.2) is 5.78 Å². The first kappa shape index (κ1) is 12.6. The topological polar surface area (TPSA) is 60.4 Å². The molecule has 0 atom stereocenters. The lowest BCUT2D eigenvalue weighted by molar-refractivity contribution is -0.140. The van der Waals surface area contributed by atoms with Gasteiger partial charge in [0.05, 0.1) is 18.6 Å². The van der Waals surface area contributed by atoms with Gasteiger partial charge in [-0.25, -0.2) is 4.79 Å². The van der Waals surface area contributed by atoms with Crippen molar-refractivity contribution in [1.82, 2.24) is 0 Å². The van der Waals surface area contributed by atoms with Crippen LogP contribution in [0, 0.1) is 0 Å². The normalized spacial score (nSPS) is 9.29. The first-order chi connectivity index (χ1) is 6.49. The number of carbonyl (C=O) groups is 3. The highest BCUT2D eigenvalue weighted by atomic mass is 16.5. The predicted octanol–water partition coefficient (Wildman–Crippen LogP) is 1.04. The first-order valence-corrected chi connectivity index (χ1v) is 4.37. The van der Waals surface area contributed by atoms with Crippen LogP contribution in [0.15, 0.2) is 12.2 Å². The van der Waals surface area contributed by atoms with Gasteiger partial charge >= 0.3 is 5.97 Å². The molecule has 0 aliphatic rings. The molecular formula is C10H14O4. The highest BCUT2D eigenvalue weighted by Crippen LogP contribution is 2.01. The van der Waals surface area contributed by atoms with Crippen molar-refractivity contribution in [2.45, 2.75) is 26.7 Å². The van der Waals surface area contributed by atoms with Crippen molar-refractivity contribution in [2.24, 2.45) is 0 Å². The van der Waals surface area contributed by atoms with Gasteiger partial charge in [0.1, 0.15) is 5.78 Å². The van der Waals surface area contributed by atoms with Crippen molar-refractivity contribution >= 4 is 17.5 Å². The summed E-state index contributed by atoms with van der Waals surface area (Å²) in [6.45, 7) is 6.66. The third-order valence-corrected chi connectivity index (χ3v) is 1.43. The molecular weight excluding hydrogens is 184 g/mol. The van der Waals surface area contributed by atoms with Crippen LogP contribution < -0.4 is 0 Å². The van der Waals surface area contributed by atoms with Gasteiger partial charge in [-0.1, -0.05) is 13.5 Å². The Balaban J connectivity index is 4.11. The average Bonchev–Trinajstić information content (AvgIpc) is 2.11. The number of ether oxygens (including phenoxy) is 1. The zero-order valence-electron chi connectivity index (χ0n) is 8.46. The van der Waals surface area contributed by atoms with Gasteiger partial charge < -0.3 is 4.74 Å². The average molecular weight is 198 g/mol. The zero-order valence-corrected chi connectivity index (χ0v) is 8.46. The fourth-order valence-corrected chi connectivity index (χ4v) is 0.729. The Kier molecular flexibility index (Phi) is 5.44. The van der Waals surface area contributed by atoms with Crippen LogP contribution in [0.3, 0.4) is 0 Å². The Bertz CT molecular complexity index is 265. The van der Waals surface area contributed by atoms with Crippen LogP contribution in [0.2, 0.25) is 0 Å². The van der Waals surface area contributed by atoms with E-state index in [2.05, 4.69) is 11.3 Å². The molecule has 4 heteroatoms. The lowest BCUT2D eigenvalue weighted by atomic mass is 10.1. The van der Waals surface area contributed by atoms with Gasteiger partial charge in [-0.05, 0) is 13.3 Å². The minimum Gasteiger partial charge on any atom is -0.462 e. The summed E-state index contributed by atoms with van der Waals surface area (Å²) in [5.41, 5.74) is -0.256. The summed E-state index contributed by atoms with van der Waals surface area (Å²) >= 11 is 0. The van der Waals surface area contributed by atoms with E-state index in [-0.39, 0.29) is 24.4 Å². The van der Waals surface area contributed by atoms with Gasteiger partial charge in [-0.15, -0.1) is 0 Å². The standard InChI is InChI=1S/C10H14O4/c1-4-5-14-10(13)8(3)9(12)6-7(2)11/h3-6H2,1-2H3. The van der Waals surface area contributed by atoms with Gasteiger partial charge in [0.2, 0.25) is 0 Å². The molecule has 0 fully saturated rings. The molecule has 78 valence electrons. The molecule has 0 aromatic heterocycles. The maximum Gasteiger partial charge on any atom is 0.341 e. The van der Waals surface area contributed by atoms with Crippen molar-refractivity contribution in [1.29, 1.82) is 0 Å². The summed E-state index contributed by atoms with van der Waals surface area (Å²) in [5, 5.41) is 0. The maximum absolute atomic E-state index is 11.1. The van der Waals surface area contributed by atoms with E-state index < -0.39 is 11.8 Å². The third kappa shape index (κ3) is 4.54. The van der Waals surface area contributed by atoms with Crippen molar-refractivity contribution in [2.75, 3.05) is 6.61 Å². The van der Waals surface area contributed by atoms with Crippen LogP contribution >= 0.6 is 0 Å². The second-order valence-corrected chi connectivity index (χ2v) is 2.92. The first-order valence-electron chi connectivity index (χ1n) is 4.37. The Morgan fingerprint density at radius 1 is 1.29 bits per heavy atom. The van der Waals surface area contributed by atoms with E-state index in [0.717, 1.165) is 0 Å². The number of hydrogen-bond acceptors (Lipinski definition) is 4. The summed E-state index contributed by atoms with van der Waals surface area (Å²) in [4.78, 5) is 32.8. The van der Waals surface area contributed by atoms with Gasteiger partial charge in [-0.2, -0.15) is 0 Å². The molecule has 0 bridgehead atoms. The monoisotopic (exact) mass is 198 g/mol. The molecule has 0 saturated carbocycles. The lowest BCUT2D eigenvalue weighted by Crippen LogP contribution is -2.17. The Morgan fingerprint density at radius 2 is 1.86 bits per heavy atom. The summed E-state index contributed by atoms with van der Waals surface area (Å²) < 4.78 is 4.69. The molecule has 0 rings (SSSR count). The molecule has 0 aromatic rings. The van der Waals surface area contributed by atoms with Crippen molar-refractivity contribution in [3.05, 3.63) is 12.2 Å². The number of ketones is 2. The van der Waals surface area contributed by atoms with Crippen molar-refractivity contribution in [3.8, 4) is 0 Å². The van der Waals surface area contributed by atoms with Crippen LogP contribution in [0.5, 0.6) is 0 Å². The number of rotatable bonds is 6. The number of carbonyl (C=O) groups excluding carboxylic acids is 3. The molecule has 0 unspecified atom stereocenters. The Labute approximate surface area is 82.9 Å². The molecule has 14 heavy (non-hydrogen) atoms. The van der Waals surface area contributed by atoms with Crippen molar-refractivity contribution < 1.29 is 19.1 Å². The summed E-state index contributed by atoms with van der Waals surface area (Å²) in [6.07, 6.45) is 0.389. The van der Waals surface area contributed by atoms with Crippen molar-refractivity contribution in [3.63, 3.8) is 0 Å². The molecule has 0 aliphatic heterocycles. The largest absolute Gasteiger partial charge is 0.462 e. The third-order valence-electron chi connectivity index (χ3n) is 1.43. The Morgan fingerprint density at radius 3 is 2.29 bits per heavy atom. The van der Waals surface area contributed by atoms with Gasteiger partial charge in [0, 0.05) is 0 Å². The highest BCUT2D eigenvalue weighted by molar-refractivity contribution is 6.21. The summed E-state index contributed by atoms with van der Waals surface area (Å²) in [5.74, 6) is -1.60. The van der Waals surface area contributed by atoms with Crippen LogP contribution in [-0.2, 0) is 19.1 Å². The van der Waals surface area contributed by atoms with Crippen LogP contribution in [0.25, 0.3) is 0 Å². The minimum absolute atomic E-state index is 0.255. The molecule has 0 aromatic carbocycles. The number of Topliss-reactive ketones (excluding diaryl/α,β-unsaturated/α-hetero) is 2. The highest BCUT2D eigenvalue weighted by Gasteiger charge is 2.17. The molecule has 0 saturated heterocycles. The lowest BCUT2D eigenvalue weighted by Gasteiger charge is -2.03. The predicted molar refractivity (Wildman–Crippen MR) is 50.7 cm³/mol. The molecule has 4 nitrogen and oxygen atoms in total. The van der Waals surface area contributed by atoms with E-state index in [1.807, 2.05) is 6.92 Å². The zero-order chi connectivity index (χ0) is 11.1.